The molecule has 0 heterocycles. The fourth-order valence-corrected chi connectivity index (χ4v) is 1.49. The van der Waals surface area contributed by atoms with Crippen LogP contribution in [0.4, 0.5) is 0 Å². The Morgan fingerprint density at radius 2 is 1.71 bits per heavy atom. The summed E-state index contributed by atoms with van der Waals surface area (Å²) >= 11 is 0. The molecule has 1 N–H and O–H groups in total. The third kappa shape index (κ3) is 3.62. The van der Waals surface area contributed by atoms with Crippen LogP contribution < -0.4 is 4.74 Å². The highest BCUT2D eigenvalue weighted by molar-refractivity contribution is 6.79. The van der Waals surface area contributed by atoms with E-state index in [1.807, 2.05) is 24.3 Å². The van der Waals surface area contributed by atoms with Gasteiger partial charge in [0, 0.05) is 5.56 Å². The lowest BCUT2D eigenvalue weighted by Crippen LogP contribution is -2.48. The molecule has 0 fully saturated rings. The van der Waals surface area contributed by atoms with Gasteiger partial charge in [0.1, 0.15) is 11.0 Å². The maximum absolute atomic E-state index is 10.3. The summed E-state index contributed by atoms with van der Waals surface area (Å²) in [6.45, 7) is 8.12. The van der Waals surface area contributed by atoms with Gasteiger partial charge in [-0.2, -0.15) is 0 Å². The van der Waals surface area contributed by atoms with Crippen molar-refractivity contribution in [2.75, 3.05) is 7.11 Å². The highest BCUT2D eigenvalue weighted by atomic mass is 28.3. The van der Waals surface area contributed by atoms with Crippen LogP contribution >= 0.6 is 0 Å². The zero-order valence-electron chi connectivity index (χ0n) is 11.2. The Morgan fingerprint density at radius 3 is 2.12 bits per heavy atom. The predicted molar refractivity (Wildman–Crippen MR) is 73.8 cm³/mol. The summed E-state index contributed by atoms with van der Waals surface area (Å²) < 4.78 is 5.08. The molecule has 1 aromatic carbocycles. The molecule has 1 rings (SSSR count). The molecule has 0 aromatic heterocycles. The molecule has 0 aliphatic heterocycles. The summed E-state index contributed by atoms with van der Waals surface area (Å²) in [5.74, 6) is 6.81. The van der Waals surface area contributed by atoms with Crippen LogP contribution in [0.5, 0.6) is 5.75 Å². The van der Waals surface area contributed by atoms with Crippen LogP contribution in [-0.2, 0) is 0 Å². The predicted octanol–water partition coefficient (Wildman–Crippen LogP) is 2.68. The van der Waals surface area contributed by atoms with Gasteiger partial charge in [0.25, 0.3) is 0 Å². The zero-order valence-corrected chi connectivity index (χ0v) is 12.2. The third-order valence-electron chi connectivity index (χ3n) is 3.00. The van der Waals surface area contributed by atoms with Crippen LogP contribution in [0.3, 0.4) is 0 Å². The zero-order chi connectivity index (χ0) is 13.1. The minimum atomic E-state index is -1.70. The monoisotopic (exact) mass is 248 g/mol. The summed E-state index contributed by atoms with van der Waals surface area (Å²) in [5, 5.41) is 9.41. The van der Waals surface area contributed by atoms with Crippen molar-refractivity contribution < 1.29 is 9.84 Å². The van der Waals surface area contributed by atoms with E-state index in [1.165, 1.54) is 0 Å². The summed E-state index contributed by atoms with van der Waals surface area (Å²) in [6.07, 6.45) is 0. The molecule has 0 spiro atoms. The van der Waals surface area contributed by atoms with Crippen molar-refractivity contribution in [3.8, 4) is 17.6 Å². The minimum Gasteiger partial charge on any atom is -0.497 e. The number of aliphatic hydroxyl groups is 1. The molecular formula is C14H20O2Si. The minimum absolute atomic E-state index is 0.813. The Labute approximate surface area is 105 Å². The molecule has 1 aromatic rings. The van der Waals surface area contributed by atoms with Crippen molar-refractivity contribution in [3.63, 3.8) is 0 Å². The molecule has 2 nitrogen and oxygen atoms in total. The molecule has 92 valence electrons. The van der Waals surface area contributed by atoms with Crippen molar-refractivity contribution in [3.05, 3.63) is 29.8 Å². The molecule has 3 heteroatoms. The number of hydrogen-bond donors (Lipinski definition) is 1. The lowest BCUT2D eigenvalue weighted by Gasteiger charge is -2.30. The highest BCUT2D eigenvalue weighted by Crippen LogP contribution is 2.19. The van der Waals surface area contributed by atoms with Crippen molar-refractivity contribution in [1.82, 2.24) is 0 Å². The van der Waals surface area contributed by atoms with Crippen LogP contribution in [-0.4, -0.2) is 25.5 Å². The van der Waals surface area contributed by atoms with Gasteiger partial charge in [-0.3, -0.25) is 0 Å². The number of methoxy groups -OCH3 is 1. The van der Waals surface area contributed by atoms with Gasteiger partial charge in [0.15, 0.2) is 0 Å². The van der Waals surface area contributed by atoms with E-state index in [4.69, 9.17) is 4.74 Å². The van der Waals surface area contributed by atoms with Gasteiger partial charge in [0.2, 0.25) is 0 Å². The van der Waals surface area contributed by atoms with Crippen LogP contribution in [0.2, 0.25) is 19.6 Å². The van der Waals surface area contributed by atoms with Gasteiger partial charge in [-0.1, -0.05) is 31.5 Å². The van der Waals surface area contributed by atoms with E-state index >= 15 is 0 Å². The molecule has 0 radical (unpaired) electrons. The lowest BCUT2D eigenvalue weighted by molar-refractivity contribution is 0.197. The van der Waals surface area contributed by atoms with Gasteiger partial charge in [-0.05, 0) is 31.2 Å². The van der Waals surface area contributed by atoms with E-state index in [9.17, 15) is 5.11 Å². The number of rotatable bonds is 2. The smallest absolute Gasteiger partial charge is 0.118 e. The van der Waals surface area contributed by atoms with Crippen LogP contribution in [0, 0.1) is 11.8 Å². The number of ether oxygens (including phenoxy) is 1. The lowest BCUT2D eigenvalue weighted by atomic mass is 10.2. The topological polar surface area (TPSA) is 29.5 Å². The molecular weight excluding hydrogens is 228 g/mol. The van der Waals surface area contributed by atoms with Crippen molar-refractivity contribution in [2.24, 2.45) is 0 Å². The van der Waals surface area contributed by atoms with Crippen molar-refractivity contribution >= 4 is 8.07 Å². The normalized spacial score (nSPS) is 14.5. The van der Waals surface area contributed by atoms with Gasteiger partial charge < -0.3 is 9.84 Å². The molecule has 0 bridgehead atoms. The Balaban J connectivity index is 2.91. The molecule has 0 aliphatic carbocycles. The molecule has 0 aliphatic rings. The van der Waals surface area contributed by atoms with Gasteiger partial charge >= 0.3 is 0 Å². The van der Waals surface area contributed by atoms with Gasteiger partial charge in [-0.15, -0.1) is 0 Å². The Kier molecular flexibility index (Phi) is 4.02. The van der Waals surface area contributed by atoms with E-state index in [-0.39, 0.29) is 0 Å². The second-order valence-corrected chi connectivity index (χ2v) is 10.8. The summed E-state index contributed by atoms with van der Waals surface area (Å²) in [5.41, 5.74) is 0.893. The van der Waals surface area contributed by atoms with Crippen LogP contribution in [0.25, 0.3) is 0 Å². The van der Waals surface area contributed by atoms with Crippen LogP contribution in [0.15, 0.2) is 24.3 Å². The highest BCUT2D eigenvalue weighted by Gasteiger charge is 2.35. The SMILES string of the molecule is COc1ccc(C#C[C@](C)(O)[Si](C)(C)C)cc1. The standard InChI is InChI=1S/C14H20O2Si/c1-14(15,17(3,4)5)11-10-12-6-8-13(16-2)9-7-12/h6-9,15H,1-5H3/t14-/m1/s1. The molecule has 0 saturated carbocycles. The summed E-state index contributed by atoms with van der Waals surface area (Å²) in [7, 11) is -0.0636. The average Bonchev–Trinajstić information content (AvgIpc) is 2.25. The average molecular weight is 248 g/mol. The fraction of sp³-hybridized carbons (Fsp3) is 0.429. The second kappa shape index (κ2) is 4.95. The van der Waals surface area contributed by atoms with Gasteiger partial charge in [-0.25, -0.2) is 0 Å². The Morgan fingerprint density at radius 1 is 1.18 bits per heavy atom. The maximum atomic E-state index is 10.3. The molecule has 0 unspecified atom stereocenters. The number of hydrogen-bond acceptors (Lipinski definition) is 2. The summed E-state index contributed by atoms with van der Waals surface area (Å²) in [4.78, 5) is 0. The van der Waals surface area contributed by atoms with E-state index in [2.05, 4.69) is 31.5 Å². The maximum Gasteiger partial charge on any atom is 0.118 e. The van der Waals surface area contributed by atoms with Crippen molar-refractivity contribution in [1.29, 1.82) is 0 Å². The second-order valence-electron chi connectivity index (χ2n) is 5.30. The Hall–Kier alpha value is -1.24. The number of benzene rings is 1. The van der Waals surface area contributed by atoms with E-state index in [0.717, 1.165) is 11.3 Å². The van der Waals surface area contributed by atoms with E-state index in [0.29, 0.717) is 0 Å². The fourth-order valence-electron chi connectivity index (χ4n) is 1.06. The van der Waals surface area contributed by atoms with Gasteiger partial charge in [0.05, 0.1) is 15.2 Å². The molecule has 0 amide bonds. The summed E-state index contributed by atoms with van der Waals surface area (Å²) in [6, 6.07) is 7.53. The van der Waals surface area contributed by atoms with Crippen molar-refractivity contribution in [2.45, 2.75) is 31.8 Å². The Bertz CT molecular complexity index is 430. The first-order chi connectivity index (χ1) is 7.76. The van der Waals surface area contributed by atoms with E-state index in [1.54, 1.807) is 14.0 Å². The molecule has 0 saturated heterocycles. The first-order valence-electron chi connectivity index (χ1n) is 5.66. The van der Waals surface area contributed by atoms with E-state index < -0.39 is 13.3 Å². The van der Waals surface area contributed by atoms with Crippen LogP contribution in [0.1, 0.15) is 12.5 Å². The quantitative estimate of drug-likeness (QED) is 0.644. The molecule has 1 atom stereocenters. The third-order valence-corrected chi connectivity index (χ3v) is 6.05. The first kappa shape index (κ1) is 13.8. The largest absolute Gasteiger partial charge is 0.497 e. The molecule has 17 heavy (non-hydrogen) atoms. The first-order valence-corrected chi connectivity index (χ1v) is 9.16.